The second kappa shape index (κ2) is 5.10. The quantitative estimate of drug-likeness (QED) is 0.879. The van der Waals surface area contributed by atoms with Gasteiger partial charge in [-0.2, -0.15) is 0 Å². The number of aryl methyl sites for hydroxylation is 2. The Morgan fingerprint density at radius 2 is 1.79 bits per heavy atom. The first-order valence-corrected chi connectivity index (χ1v) is 5.85. The van der Waals surface area contributed by atoms with Gasteiger partial charge in [-0.1, -0.05) is 18.2 Å². The monoisotopic (exact) mass is 259 g/mol. The van der Waals surface area contributed by atoms with Crippen molar-refractivity contribution >= 4 is 17.3 Å². The average molecular weight is 259 g/mol. The van der Waals surface area contributed by atoms with Crippen LogP contribution in [0.4, 0.5) is 15.8 Å². The molecule has 0 saturated heterocycles. The van der Waals surface area contributed by atoms with E-state index in [2.05, 4.69) is 5.32 Å². The highest BCUT2D eigenvalue weighted by molar-refractivity contribution is 5.88. The standard InChI is InChI=1S/C15H14FNO2/c1-9-4-3-5-10(2)14(9)17-13-7-6-11(15(18)19)8-12(13)16/h3-8,17H,1-2H3,(H,18,19). The van der Waals surface area contributed by atoms with Gasteiger partial charge in [0.2, 0.25) is 0 Å². The normalized spacial score (nSPS) is 10.3. The van der Waals surface area contributed by atoms with Gasteiger partial charge in [0.05, 0.1) is 11.3 Å². The number of carboxylic acid groups (broad SMARTS) is 1. The van der Waals surface area contributed by atoms with Gasteiger partial charge in [0.15, 0.2) is 0 Å². The molecule has 2 N–H and O–H groups in total. The highest BCUT2D eigenvalue weighted by atomic mass is 19.1. The van der Waals surface area contributed by atoms with Gasteiger partial charge in [0, 0.05) is 5.69 Å². The Bertz CT molecular complexity index is 618. The molecule has 0 aliphatic rings. The van der Waals surface area contributed by atoms with Crippen LogP contribution in [0.25, 0.3) is 0 Å². The maximum absolute atomic E-state index is 13.8. The second-order valence-electron chi connectivity index (χ2n) is 4.39. The summed E-state index contributed by atoms with van der Waals surface area (Å²) in [4.78, 5) is 10.7. The number of benzene rings is 2. The van der Waals surface area contributed by atoms with Gasteiger partial charge in [-0.15, -0.1) is 0 Å². The molecular formula is C15H14FNO2. The number of anilines is 2. The van der Waals surface area contributed by atoms with Gasteiger partial charge in [-0.05, 0) is 43.2 Å². The first-order valence-electron chi connectivity index (χ1n) is 5.85. The minimum absolute atomic E-state index is 0.0652. The Morgan fingerprint density at radius 1 is 1.16 bits per heavy atom. The van der Waals surface area contributed by atoms with Crippen molar-refractivity contribution in [3.63, 3.8) is 0 Å². The lowest BCUT2D eigenvalue weighted by Crippen LogP contribution is -2.01. The predicted octanol–water partition coefficient (Wildman–Crippen LogP) is 3.88. The molecule has 0 aliphatic heterocycles. The highest BCUT2D eigenvalue weighted by Gasteiger charge is 2.10. The lowest BCUT2D eigenvalue weighted by atomic mass is 10.1. The molecule has 0 bridgehead atoms. The zero-order chi connectivity index (χ0) is 14.0. The van der Waals surface area contributed by atoms with Crippen LogP contribution in [0.3, 0.4) is 0 Å². The van der Waals surface area contributed by atoms with Crippen LogP contribution in [0.5, 0.6) is 0 Å². The summed E-state index contributed by atoms with van der Waals surface area (Å²) in [5.41, 5.74) is 3.04. The van der Waals surface area contributed by atoms with E-state index in [0.717, 1.165) is 22.9 Å². The van der Waals surface area contributed by atoms with Gasteiger partial charge in [-0.25, -0.2) is 9.18 Å². The fraction of sp³-hybridized carbons (Fsp3) is 0.133. The van der Waals surface area contributed by atoms with Crippen LogP contribution < -0.4 is 5.32 Å². The molecule has 19 heavy (non-hydrogen) atoms. The molecule has 3 nitrogen and oxygen atoms in total. The van der Waals surface area contributed by atoms with E-state index in [1.165, 1.54) is 12.1 Å². The zero-order valence-corrected chi connectivity index (χ0v) is 10.7. The van der Waals surface area contributed by atoms with Crippen molar-refractivity contribution in [2.75, 3.05) is 5.32 Å². The second-order valence-corrected chi connectivity index (χ2v) is 4.39. The Hall–Kier alpha value is -2.36. The number of hydrogen-bond donors (Lipinski definition) is 2. The zero-order valence-electron chi connectivity index (χ0n) is 10.7. The number of rotatable bonds is 3. The summed E-state index contributed by atoms with van der Waals surface area (Å²) >= 11 is 0. The molecule has 0 saturated carbocycles. The summed E-state index contributed by atoms with van der Waals surface area (Å²) in [5, 5.41) is 11.8. The predicted molar refractivity (Wildman–Crippen MR) is 72.6 cm³/mol. The van der Waals surface area contributed by atoms with E-state index in [1.54, 1.807) is 0 Å². The molecule has 0 heterocycles. The van der Waals surface area contributed by atoms with Gasteiger partial charge in [0.1, 0.15) is 5.82 Å². The van der Waals surface area contributed by atoms with Crippen molar-refractivity contribution in [2.45, 2.75) is 13.8 Å². The van der Waals surface area contributed by atoms with Crippen LogP contribution in [0, 0.1) is 19.7 Å². The topological polar surface area (TPSA) is 49.3 Å². The maximum Gasteiger partial charge on any atom is 0.335 e. The van der Waals surface area contributed by atoms with Crippen molar-refractivity contribution in [3.8, 4) is 0 Å². The number of hydrogen-bond acceptors (Lipinski definition) is 2. The third kappa shape index (κ3) is 2.73. The third-order valence-electron chi connectivity index (χ3n) is 2.96. The molecule has 2 rings (SSSR count). The van der Waals surface area contributed by atoms with Gasteiger partial charge in [0.25, 0.3) is 0 Å². The van der Waals surface area contributed by atoms with E-state index in [-0.39, 0.29) is 11.3 Å². The molecule has 0 aromatic heterocycles. The molecule has 0 aliphatic carbocycles. The van der Waals surface area contributed by atoms with Crippen LogP contribution in [0.2, 0.25) is 0 Å². The minimum atomic E-state index is -1.14. The highest BCUT2D eigenvalue weighted by Crippen LogP contribution is 2.26. The van der Waals surface area contributed by atoms with E-state index in [0.29, 0.717) is 0 Å². The molecule has 2 aromatic rings. The van der Waals surface area contributed by atoms with Gasteiger partial charge in [-0.3, -0.25) is 0 Å². The van der Waals surface area contributed by atoms with E-state index >= 15 is 0 Å². The number of carboxylic acids is 1. The van der Waals surface area contributed by atoms with Crippen molar-refractivity contribution in [1.82, 2.24) is 0 Å². The molecule has 98 valence electrons. The van der Waals surface area contributed by atoms with Crippen molar-refractivity contribution in [3.05, 3.63) is 58.9 Å². The Balaban J connectivity index is 2.36. The van der Waals surface area contributed by atoms with Crippen molar-refractivity contribution < 1.29 is 14.3 Å². The van der Waals surface area contributed by atoms with Crippen LogP contribution in [-0.4, -0.2) is 11.1 Å². The Labute approximate surface area is 110 Å². The van der Waals surface area contributed by atoms with Gasteiger partial charge < -0.3 is 10.4 Å². The van der Waals surface area contributed by atoms with Crippen molar-refractivity contribution in [1.29, 1.82) is 0 Å². The maximum atomic E-state index is 13.8. The SMILES string of the molecule is Cc1cccc(C)c1Nc1ccc(C(=O)O)cc1F. The first kappa shape index (κ1) is 13.1. The Kier molecular flexibility index (Phi) is 3.51. The smallest absolute Gasteiger partial charge is 0.335 e. The third-order valence-corrected chi connectivity index (χ3v) is 2.96. The summed E-state index contributed by atoms with van der Waals surface area (Å²) < 4.78 is 13.8. The largest absolute Gasteiger partial charge is 0.478 e. The molecule has 0 fully saturated rings. The molecule has 0 atom stereocenters. The summed E-state index contributed by atoms with van der Waals surface area (Å²) in [6, 6.07) is 9.61. The Morgan fingerprint density at radius 3 is 2.32 bits per heavy atom. The van der Waals surface area contributed by atoms with Crippen LogP contribution in [-0.2, 0) is 0 Å². The molecule has 2 aromatic carbocycles. The number of aromatic carboxylic acids is 1. The van der Waals surface area contributed by atoms with Crippen molar-refractivity contribution in [2.24, 2.45) is 0 Å². The molecule has 0 unspecified atom stereocenters. The number of nitrogens with one attached hydrogen (secondary N) is 1. The fourth-order valence-corrected chi connectivity index (χ4v) is 1.90. The minimum Gasteiger partial charge on any atom is -0.478 e. The summed E-state index contributed by atoms with van der Waals surface area (Å²) in [5.74, 6) is -1.72. The number of carbonyl (C=O) groups is 1. The molecule has 0 spiro atoms. The average Bonchev–Trinajstić information content (AvgIpc) is 2.35. The lowest BCUT2D eigenvalue weighted by Gasteiger charge is -2.13. The molecular weight excluding hydrogens is 245 g/mol. The number of para-hydroxylation sites is 1. The van der Waals surface area contributed by atoms with Crippen LogP contribution >= 0.6 is 0 Å². The molecule has 4 heteroatoms. The number of halogens is 1. The summed E-state index contributed by atoms with van der Waals surface area (Å²) in [6.07, 6.45) is 0. The van der Waals surface area contributed by atoms with E-state index in [1.807, 2.05) is 32.0 Å². The first-order chi connectivity index (χ1) is 8.99. The van der Waals surface area contributed by atoms with E-state index < -0.39 is 11.8 Å². The summed E-state index contributed by atoms with van der Waals surface area (Å²) in [7, 11) is 0. The van der Waals surface area contributed by atoms with Gasteiger partial charge >= 0.3 is 5.97 Å². The van der Waals surface area contributed by atoms with Crippen LogP contribution in [0.1, 0.15) is 21.5 Å². The lowest BCUT2D eigenvalue weighted by molar-refractivity contribution is 0.0696. The molecule has 0 amide bonds. The fourth-order valence-electron chi connectivity index (χ4n) is 1.90. The molecule has 0 radical (unpaired) electrons. The van der Waals surface area contributed by atoms with Crippen LogP contribution in [0.15, 0.2) is 36.4 Å². The summed E-state index contributed by atoms with van der Waals surface area (Å²) in [6.45, 7) is 3.86. The van der Waals surface area contributed by atoms with E-state index in [4.69, 9.17) is 5.11 Å². The van der Waals surface area contributed by atoms with E-state index in [9.17, 15) is 9.18 Å².